The predicted molar refractivity (Wildman–Crippen MR) is 97.7 cm³/mol. The van der Waals surface area contributed by atoms with Gasteiger partial charge in [0.25, 0.3) is 0 Å². The number of para-hydroxylation sites is 2. The summed E-state index contributed by atoms with van der Waals surface area (Å²) < 4.78 is 0. The van der Waals surface area contributed by atoms with Gasteiger partial charge in [-0.25, -0.2) is 0 Å². The molecular weight excluding hydrogens is 296 g/mol. The van der Waals surface area contributed by atoms with E-state index in [1.54, 1.807) is 24.3 Å². The van der Waals surface area contributed by atoms with E-state index in [-0.39, 0.29) is 5.75 Å². The van der Waals surface area contributed by atoms with Crippen molar-refractivity contribution < 1.29 is 10.2 Å². The van der Waals surface area contributed by atoms with Crippen molar-refractivity contribution in [1.29, 1.82) is 0 Å². The summed E-state index contributed by atoms with van der Waals surface area (Å²) in [4.78, 5) is 0. The van der Waals surface area contributed by atoms with Crippen LogP contribution in [-0.4, -0.2) is 10.2 Å². The number of phenols is 2. The van der Waals surface area contributed by atoms with E-state index in [1.165, 1.54) is 0 Å². The molecule has 0 saturated heterocycles. The normalized spacial score (nSPS) is 9.50. The Morgan fingerprint density at radius 3 is 2.21 bits per heavy atom. The fourth-order valence-electron chi connectivity index (χ4n) is 2.39. The van der Waals surface area contributed by atoms with Gasteiger partial charge in [0.05, 0.1) is 5.56 Å². The minimum atomic E-state index is 0.191. The van der Waals surface area contributed by atoms with Crippen LogP contribution in [0.15, 0.2) is 48.5 Å². The van der Waals surface area contributed by atoms with Crippen LogP contribution in [-0.2, 0) is 6.42 Å². The van der Waals surface area contributed by atoms with Gasteiger partial charge in [-0.05, 0) is 60.8 Å². The third kappa shape index (κ3) is 6.11. The van der Waals surface area contributed by atoms with E-state index in [9.17, 15) is 10.2 Å². The molecule has 2 heteroatoms. The van der Waals surface area contributed by atoms with E-state index in [4.69, 9.17) is 0 Å². The lowest BCUT2D eigenvalue weighted by Gasteiger charge is -2.03. The lowest BCUT2D eigenvalue weighted by Crippen LogP contribution is -1.86. The van der Waals surface area contributed by atoms with Gasteiger partial charge in [0.1, 0.15) is 11.5 Å². The maximum atomic E-state index is 9.69. The zero-order valence-electron chi connectivity index (χ0n) is 13.8. The lowest BCUT2D eigenvalue weighted by molar-refractivity contribution is 0.466. The molecule has 0 bridgehead atoms. The molecule has 0 aliphatic heterocycles. The van der Waals surface area contributed by atoms with Crippen molar-refractivity contribution in [3.8, 4) is 35.2 Å². The number of hydrogen-bond acceptors (Lipinski definition) is 2. The second-order valence-corrected chi connectivity index (χ2v) is 5.61. The van der Waals surface area contributed by atoms with Gasteiger partial charge in [-0.15, -0.1) is 0 Å². The Kier molecular flexibility index (Phi) is 7.32. The summed E-state index contributed by atoms with van der Waals surface area (Å²) in [6, 6.07) is 14.5. The summed E-state index contributed by atoms with van der Waals surface area (Å²) in [6.07, 6.45) is 6.18. The Bertz CT molecular complexity index is 770. The molecule has 2 rings (SSSR count). The van der Waals surface area contributed by atoms with Crippen LogP contribution in [0, 0.1) is 23.7 Å². The Hall–Kier alpha value is -2.84. The molecule has 0 aliphatic rings. The Morgan fingerprint density at radius 2 is 1.42 bits per heavy atom. The molecule has 122 valence electrons. The smallest absolute Gasteiger partial charge is 0.131 e. The van der Waals surface area contributed by atoms with Gasteiger partial charge in [-0.2, -0.15) is 0 Å². The van der Waals surface area contributed by atoms with Crippen molar-refractivity contribution in [2.75, 3.05) is 0 Å². The SMILES string of the molecule is Oc1ccccc1C#CC#CCCCCCCc1ccccc1O. The van der Waals surface area contributed by atoms with Gasteiger partial charge in [0.2, 0.25) is 0 Å². The van der Waals surface area contributed by atoms with E-state index < -0.39 is 0 Å². The molecular formula is C22H22O2. The second kappa shape index (κ2) is 10.0. The summed E-state index contributed by atoms with van der Waals surface area (Å²) in [7, 11) is 0. The van der Waals surface area contributed by atoms with Crippen molar-refractivity contribution in [1.82, 2.24) is 0 Å². The zero-order chi connectivity index (χ0) is 17.0. The van der Waals surface area contributed by atoms with E-state index >= 15 is 0 Å². The van der Waals surface area contributed by atoms with Crippen molar-refractivity contribution in [2.24, 2.45) is 0 Å². The Labute approximate surface area is 144 Å². The summed E-state index contributed by atoms with van der Waals surface area (Å²) in [6.45, 7) is 0. The molecule has 0 aliphatic carbocycles. The van der Waals surface area contributed by atoms with Crippen LogP contribution in [0.4, 0.5) is 0 Å². The van der Waals surface area contributed by atoms with Crippen LogP contribution in [0.25, 0.3) is 0 Å². The quantitative estimate of drug-likeness (QED) is 0.601. The maximum Gasteiger partial charge on any atom is 0.131 e. The molecule has 0 heterocycles. The second-order valence-electron chi connectivity index (χ2n) is 5.61. The first kappa shape index (κ1) is 17.5. The van der Waals surface area contributed by atoms with Crippen LogP contribution in [0.3, 0.4) is 0 Å². The number of hydrogen-bond donors (Lipinski definition) is 2. The average molecular weight is 318 g/mol. The molecule has 0 atom stereocenters. The van der Waals surface area contributed by atoms with Gasteiger partial charge in [-0.1, -0.05) is 49.1 Å². The van der Waals surface area contributed by atoms with Crippen LogP contribution < -0.4 is 0 Å². The van der Waals surface area contributed by atoms with Crippen LogP contribution in [0.1, 0.15) is 43.2 Å². The molecule has 2 aromatic carbocycles. The molecule has 2 N–H and O–H groups in total. The minimum absolute atomic E-state index is 0.191. The van der Waals surface area contributed by atoms with Crippen LogP contribution in [0.2, 0.25) is 0 Å². The topological polar surface area (TPSA) is 40.5 Å². The first-order valence-electron chi connectivity index (χ1n) is 8.31. The Morgan fingerprint density at radius 1 is 0.708 bits per heavy atom. The molecule has 24 heavy (non-hydrogen) atoms. The zero-order valence-corrected chi connectivity index (χ0v) is 13.8. The van der Waals surface area contributed by atoms with Crippen molar-refractivity contribution in [2.45, 2.75) is 38.5 Å². The molecule has 0 radical (unpaired) electrons. The molecule has 0 unspecified atom stereocenters. The third-order valence-electron chi connectivity index (χ3n) is 3.74. The number of phenolic OH excluding ortho intramolecular Hbond substituents is 2. The molecule has 0 aromatic heterocycles. The number of rotatable bonds is 6. The fraction of sp³-hybridized carbons (Fsp3) is 0.273. The highest BCUT2D eigenvalue weighted by atomic mass is 16.3. The monoisotopic (exact) mass is 318 g/mol. The highest BCUT2D eigenvalue weighted by Gasteiger charge is 1.98. The highest BCUT2D eigenvalue weighted by molar-refractivity contribution is 5.47. The number of unbranched alkanes of at least 4 members (excludes halogenated alkanes) is 4. The lowest BCUT2D eigenvalue weighted by atomic mass is 10.0. The van der Waals surface area contributed by atoms with Gasteiger partial charge < -0.3 is 10.2 Å². The average Bonchev–Trinajstić information content (AvgIpc) is 2.59. The van der Waals surface area contributed by atoms with Crippen molar-refractivity contribution in [3.63, 3.8) is 0 Å². The third-order valence-corrected chi connectivity index (χ3v) is 3.74. The number of aryl methyl sites for hydroxylation is 1. The van der Waals surface area contributed by atoms with Gasteiger partial charge in [0.15, 0.2) is 0 Å². The molecule has 0 amide bonds. The van der Waals surface area contributed by atoms with E-state index in [2.05, 4.69) is 23.7 Å². The molecule has 2 nitrogen and oxygen atoms in total. The van der Waals surface area contributed by atoms with Gasteiger partial charge in [-0.3, -0.25) is 0 Å². The molecule has 0 saturated carbocycles. The maximum absolute atomic E-state index is 9.69. The fourth-order valence-corrected chi connectivity index (χ4v) is 2.39. The summed E-state index contributed by atoms with van der Waals surface area (Å²) in [5.74, 6) is 12.1. The summed E-state index contributed by atoms with van der Waals surface area (Å²) in [5.41, 5.74) is 1.63. The van der Waals surface area contributed by atoms with Crippen molar-refractivity contribution in [3.05, 3.63) is 59.7 Å². The van der Waals surface area contributed by atoms with Gasteiger partial charge >= 0.3 is 0 Å². The van der Waals surface area contributed by atoms with Gasteiger partial charge in [0, 0.05) is 6.42 Å². The predicted octanol–water partition coefficient (Wildman–Crippen LogP) is 4.65. The standard InChI is InChI=1S/C22H22O2/c23-21-17-11-9-15-19(21)13-7-5-3-1-2-4-6-8-14-20-16-10-12-18-22(20)24/h9-12,15-18,23-24H,1-3,5,7,13H2. The summed E-state index contributed by atoms with van der Waals surface area (Å²) >= 11 is 0. The molecule has 0 fully saturated rings. The minimum Gasteiger partial charge on any atom is -0.508 e. The molecule has 2 aromatic rings. The van der Waals surface area contributed by atoms with Crippen molar-refractivity contribution >= 4 is 0 Å². The van der Waals surface area contributed by atoms with Crippen LogP contribution in [0.5, 0.6) is 11.5 Å². The Balaban J connectivity index is 1.60. The number of aromatic hydroxyl groups is 2. The summed E-state index contributed by atoms with van der Waals surface area (Å²) in [5, 5.41) is 19.3. The van der Waals surface area contributed by atoms with E-state index in [0.717, 1.165) is 44.1 Å². The first-order valence-corrected chi connectivity index (χ1v) is 8.31. The van der Waals surface area contributed by atoms with E-state index in [0.29, 0.717) is 11.3 Å². The van der Waals surface area contributed by atoms with E-state index in [1.807, 2.05) is 24.3 Å². The van der Waals surface area contributed by atoms with Crippen LogP contribution >= 0.6 is 0 Å². The highest BCUT2D eigenvalue weighted by Crippen LogP contribution is 2.18. The largest absolute Gasteiger partial charge is 0.508 e. The molecule has 0 spiro atoms. The first-order chi connectivity index (χ1) is 11.8. The number of benzene rings is 2.